The standard InChI is InChI=1S/C12H10BrCl2NS/c1-16-11(12-10(15)4-5-17-12)8-3-2-7(14)6-9(8)13/h2-6,11,16H,1H3. The van der Waals surface area contributed by atoms with Gasteiger partial charge in [-0.25, -0.2) is 0 Å². The van der Waals surface area contributed by atoms with Crippen LogP contribution in [0.15, 0.2) is 34.1 Å². The molecular formula is C12H10BrCl2NS. The fraction of sp³-hybridized carbons (Fsp3) is 0.167. The van der Waals surface area contributed by atoms with Crippen molar-refractivity contribution in [3.8, 4) is 0 Å². The van der Waals surface area contributed by atoms with E-state index in [1.54, 1.807) is 11.3 Å². The molecule has 0 spiro atoms. The van der Waals surface area contributed by atoms with Crippen molar-refractivity contribution >= 4 is 50.5 Å². The van der Waals surface area contributed by atoms with Gasteiger partial charge in [-0.05, 0) is 36.2 Å². The Morgan fingerprint density at radius 2 is 2.06 bits per heavy atom. The highest BCUT2D eigenvalue weighted by Crippen LogP contribution is 2.36. The van der Waals surface area contributed by atoms with Gasteiger partial charge in [0.2, 0.25) is 0 Å². The molecular weight excluding hydrogens is 341 g/mol. The molecule has 1 N–H and O–H groups in total. The molecule has 0 radical (unpaired) electrons. The van der Waals surface area contributed by atoms with Crippen LogP contribution in [0.4, 0.5) is 0 Å². The average Bonchev–Trinajstić information content (AvgIpc) is 2.69. The normalized spacial score (nSPS) is 12.7. The molecule has 90 valence electrons. The van der Waals surface area contributed by atoms with Crippen molar-refractivity contribution < 1.29 is 0 Å². The first-order valence-electron chi connectivity index (χ1n) is 4.98. The fourth-order valence-electron chi connectivity index (χ4n) is 1.67. The lowest BCUT2D eigenvalue weighted by Gasteiger charge is -2.17. The molecule has 2 aromatic rings. The molecule has 0 fully saturated rings. The summed E-state index contributed by atoms with van der Waals surface area (Å²) in [5, 5.41) is 6.77. The fourth-order valence-corrected chi connectivity index (χ4v) is 3.88. The Balaban J connectivity index is 2.46. The van der Waals surface area contributed by atoms with Gasteiger partial charge in [0.15, 0.2) is 0 Å². The van der Waals surface area contributed by atoms with Crippen LogP contribution >= 0.6 is 50.5 Å². The van der Waals surface area contributed by atoms with E-state index in [4.69, 9.17) is 23.2 Å². The van der Waals surface area contributed by atoms with Gasteiger partial charge in [-0.3, -0.25) is 0 Å². The number of hydrogen-bond acceptors (Lipinski definition) is 2. The third-order valence-electron chi connectivity index (χ3n) is 2.47. The molecule has 1 heterocycles. The number of nitrogens with one attached hydrogen (secondary N) is 1. The predicted octanol–water partition coefficient (Wildman–Crippen LogP) is 5.13. The number of hydrogen-bond donors (Lipinski definition) is 1. The van der Waals surface area contributed by atoms with Gasteiger partial charge in [0.05, 0.1) is 11.1 Å². The zero-order chi connectivity index (χ0) is 12.4. The molecule has 0 saturated carbocycles. The van der Waals surface area contributed by atoms with E-state index in [-0.39, 0.29) is 6.04 Å². The van der Waals surface area contributed by atoms with Gasteiger partial charge in [0.25, 0.3) is 0 Å². The number of rotatable bonds is 3. The van der Waals surface area contributed by atoms with Crippen LogP contribution in [0.2, 0.25) is 10.0 Å². The summed E-state index contributed by atoms with van der Waals surface area (Å²) in [6.07, 6.45) is 0. The largest absolute Gasteiger partial charge is 0.309 e. The third kappa shape index (κ3) is 2.85. The summed E-state index contributed by atoms with van der Waals surface area (Å²) in [4.78, 5) is 1.11. The number of benzene rings is 1. The van der Waals surface area contributed by atoms with Crippen LogP contribution in [-0.4, -0.2) is 7.05 Å². The van der Waals surface area contributed by atoms with Gasteiger partial charge in [-0.15, -0.1) is 11.3 Å². The first-order chi connectivity index (χ1) is 8.13. The molecule has 1 aromatic carbocycles. The number of thiophene rings is 1. The molecule has 0 saturated heterocycles. The van der Waals surface area contributed by atoms with Crippen LogP contribution in [0.1, 0.15) is 16.5 Å². The summed E-state index contributed by atoms with van der Waals surface area (Å²) in [6.45, 7) is 0. The maximum absolute atomic E-state index is 6.18. The van der Waals surface area contributed by atoms with E-state index in [9.17, 15) is 0 Å². The topological polar surface area (TPSA) is 12.0 Å². The summed E-state index contributed by atoms with van der Waals surface area (Å²) in [5.41, 5.74) is 1.13. The molecule has 1 aromatic heterocycles. The van der Waals surface area contributed by atoms with Crippen molar-refractivity contribution in [2.45, 2.75) is 6.04 Å². The first kappa shape index (κ1) is 13.4. The SMILES string of the molecule is CNC(c1ccc(Cl)cc1Br)c1sccc1Cl. The first-order valence-corrected chi connectivity index (χ1v) is 7.41. The van der Waals surface area contributed by atoms with Crippen molar-refractivity contribution in [2.75, 3.05) is 7.05 Å². The Kier molecular flexibility index (Phi) is 4.50. The smallest absolute Gasteiger partial charge is 0.0694 e. The zero-order valence-electron chi connectivity index (χ0n) is 9.01. The van der Waals surface area contributed by atoms with E-state index in [1.165, 1.54) is 0 Å². The zero-order valence-corrected chi connectivity index (χ0v) is 12.9. The summed E-state index contributed by atoms with van der Waals surface area (Å²) < 4.78 is 0.980. The van der Waals surface area contributed by atoms with Crippen LogP contribution in [0.3, 0.4) is 0 Å². The van der Waals surface area contributed by atoms with Crippen LogP contribution in [0.5, 0.6) is 0 Å². The van der Waals surface area contributed by atoms with Crippen LogP contribution < -0.4 is 5.32 Å². The van der Waals surface area contributed by atoms with Gasteiger partial charge in [-0.1, -0.05) is 45.2 Å². The molecule has 0 aliphatic carbocycles. The number of halogens is 3. The quantitative estimate of drug-likeness (QED) is 0.809. The Labute approximate surface area is 123 Å². The van der Waals surface area contributed by atoms with E-state index in [1.807, 2.05) is 36.7 Å². The molecule has 0 aliphatic rings. The minimum absolute atomic E-state index is 0.0779. The lowest BCUT2D eigenvalue weighted by atomic mass is 10.1. The third-order valence-corrected chi connectivity index (χ3v) is 4.81. The van der Waals surface area contributed by atoms with Crippen molar-refractivity contribution in [3.05, 3.63) is 54.6 Å². The van der Waals surface area contributed by atoms with E-state index in [0.29, 0.717) is 5.02 Å². The van der Waals surface area contributed by atoms with Crippen LogP contribution in [-0.2, 0) is 0 Å². The molecule has 1 nitrogen and oxygen atoms in total. The summed E-state index contributed by atoms with van der Waals surface area (Å²) in [6, 6.07) is 7.77. The monoisotopic (exact) mass is 349 g/mol. The maximum Gasteiger partial charge on any atom is 0.0694 e. The van der Waals surface area contributed by atoms with Gasteiger partial charge in [0, 0.05) is 14.4 Å². The van der Waals surface area contributed by atoms with Gasteiger partial charge < -0.3 is 5.32 Å². The average molecular weight is 351 g/mol. The lowest BCUT2D eigenvalue weighted by Crippen LogP contribution is -2.17. The Morgan fingerprint density at radius 3 is 2.59 bits per heavy atom. The van der Waals surface area contributed by atoms with E-state index in [2.05, 4.69) is 21.2 Å². The van der Waals surface area contributed by atoms with Gasteiger partial charge in [0.1, 0.15) is 0 Å². The molecule has 0 aliphatic heterocycles. The van der Waals surface area contributed by atoms with E-state index >= 15 is 0 Å². The molecule has 5 heteroatoms. The molecule has 2 rings (SSSR count). The Bertz CT molecular complexity index is 527. The second-order valence-electron chi connectivity index (χ2n) is 3.52. The minimum atomic E-state index is 0.0779. The van der Waals surface area contributed by atoms with Gasteiger partial charge >= 0.3 is 0 Å². The summed E-state index contributed by atoms with van der Waals surface area (Å²) in [7, 11) is 1.92. The molecule has 17 heavy (non-hydrogen) atoms. The van der Waals surface area contributed by atoms with Crippen LogP contribution in [0, 0.1) is 0 Å². The Hall–Kier alpha value is -0.0600. The van der Waals surface area contributed by atoms with E-state index < -0.39 is 0 Å². The van der Waals surface area contributed by atoms with Crippen molar-refractivity contribution in [2.24, 2.45) is 0 Å². The second kappa shape index (κ2) is 5.72. The minimum Gasteiger partial charge on any atom is -0.309 e. The van der Waals surface area contributed by atoms with Crippen molar-refractivity contribution in [1.82, 2.24) is 5.32 Å². The highest BCUT2D eigenvalue weighted by Gasteiger charge is 2.18. The second-order valence-corrected chi connectivity index (χ2v) is 6.17. The molecule has 1 unspecified atom stereocenters. The molecule has 0 bridgehead atoms. The predicted molar refractivity (Wildman–Crippen MR) is 79.4 cm³/mol. The van der Waals surface area contributed by atoms with Crippen molar-refractivity contribution in [1.29, 1.82) is 0 Å². The van der Waals surface area contributed by atoms with Crippen molar-refractivity contribution in [3.63, 3.8) is 0 Å². The summed E-state index contributed by atoms with van der Waals surface area (Å²) >= 11 is 17.3. The lowest BCUT2D eigenvalue weighted by molar-refractivity contribution is 0.701. The highest BCUT2D eigenvalue weighted by molar-refractivity contribution is 9.10. The molecule has 0 amide bonds. The van der Waals surface area contributed by atoms with Gasteiger partial charge in [-0.2, -0.15) is 0 Å². The van der Waals surface area contributed by atoms with Crippen LogP contribution in [0.25, 0.3) is 0 Å². The highest BCUT2D eigenvalue weighted by atomic mass is 79.9. The maximum atomic E-state index is 6.18. The Morgan fingerprint density at radius 1 is 1.29 bits per heavy atom. The van der Waals surface area contributed by atoms with E-state index in [0.717, 1.165) is 19.9 Å². The summed E-state index contributed by atoms with van der Waals surface area (Å²) in [5.74, 6) is 0. The molecule has 1 atom stereocenters.